The maximum absolute atomic E-state index is 5.27. The summed E-state index contributed by atoms with van der Waals surface area (Å²) in [7, 11) is 0. The molecule has 80 valence electrons. The fraction of sp³-hybridized carbons (Fsp3) is 0.0833. The summed E-state index contributed by atoms with van der Waals surface area (Å²) in [6, 6.07) is 8.55. The molecule has 0 aliphatic rings. The fourth-order valence-corrected chi connectivity index (χ4v) is 2.95. The molecule has 3 rings (SSSR count). The van der Waals surface area contributed by atoms with E-state index < -0.39 is 0 Å². The molecule has 0 fully saturated rings. The number of nitrogens with one attached hydrogen (secondary N) is 1. The van der Waals surface area contributed by atoms with Crippen LogP contribution in [0, 0.1) is 11.7 Å². The lowest BCUT2D eigenvalue weighted by Gasteiger charge is -2.05. The number of aromatic nitrogens is 2. The minimum Gasteiger partial charge on any atom is -0.337 e. The Labute approximate surface area is 102 Å². The van der Waals surface area contributed by atoms with Gasteiger partial charge in [0.05, 0.1) is 0 Å². The van der Waals surface area contributed by atoms with E-state index in [0.717, 1.165) is 16.2 Å². The summed E-state index contributed by atoms with van der Waals surface area (Å²) in [5, 5.41) is 3.38. The molecule has 2 aromatic heterocycles. The summed E-state index contributed by atoms with van der Waals surface area (Å²) in [5.74, 6) is 0. The second-order valence-corrected chi connectivity index (χ2v) is 5.05. The van der Waals surface area contributed by atoms with Gasteiger partial charge in [-0.25, -0.2) is 0 Å². The minimum absolute atomic E-state index is 0.743. The van der Waals surface area contributed by atoms with E-state index >= 15 is 0 Å². The highest BCUT2D eigenvalue weighted by Crippen LogP contribution is 2.24. The highest BCUT2D eigenvalue weighted by atomic mass is 32.1. The van der Waals surface area contributed by atoms with Crippen LogP contribution in [0.1, 0.15) is 5.69 Å². The zero-order valence-electron chi connectivity index (χ0n) is 8.73. The molecule has 0 saturated carbocycles. The number of thiophene rings is 1. The third-order valence-corrected chi connectivity index (χ3v) is 3.85. The molecule has 0 bridgehead atoms. The summed E-state index contributed by atoms with van der Waals surface area (Å²) < 4.78 is 4.10. The van der Waals surface area contributed by atoms with Crippen molar-refractivity contribution in [3.05, 3.63) is 46.3 Å². The van der Waals surface area contributed by atoms with Gasteiger partial charge >= 0.3 is 0 Å². The first kappa shape index (κ1) is 9.81. The van der Waals surface area contributed by atoms with Crippen molar-refractivity contribution in [1.29, 1.82) is 0 Å². The number of fused-ring (bicyclic) bond motifs is 1. The molecule has 1 N–H and O–H groups in total. The number of benzene rings is 1. The Balaban J connectivity index is 2.30. The lowest BCUT2D eigenvalue weighted by atomic mass is 10.2. The molecule has 0 aliphatic heterocycles. The van der Waals surface area contributed by atoms with Gasteiger partial charge in [0.1, 0.15) is 0 Å². The van der Waals surface area contributed by atoms with Crippen LogP contribution < -0.4 is 0 Å². The SMILES string of the molecule is Cc1c[nH]c(=S)n1-c1ccc2sccc2c1. The first-order valence-electron chi connectivity index (χ1n) is 5.00. The van der Waals surface area contributed by atoms with Crippen molar-refractivity contribution in [2.75, 3.05) is 0 Å². The molecule has 2 heterocycles. The molecular formula is C12H10N2S2. The van der Waals surface area contributed by atoms with Gasteiger partial charge in [-0.15, -0.1) is 11.3 Å². The van der Waals surface area contributed by atoms with Gasteiger partial charge in [0.25, 0.3) is 0 Å². The molecule has 1 aromatic carbocycles. The van der Waals surface area contributed by atoms with Gasteiger partial charge < -0.3 is 4.98 Å². The summed E-state index contributed by atoms with van der Waals surface area (Å²) in [6.45, 7) is 2.05. The Morgan fingerprint density at radius 2 is 2.19 bits per heavy atom. The van der Waals surface area contributed by atoms with Crippen LogP contribution in [0.4, 0.5) is 0 Å². The van der Waals surface area contributed by atoms with Crippen molar-refractivity contribution < 1.29 is 0 Å². The van der Waals surface area contributed by atoms with E-state index in [0.29, 0.717) is 0 Å². The highest BCUT2D eigenvalue weighted by Gasteiger charge is 2.03. The number of rotatable bonds is 1. The van der Waals surface area contributed by atoms with Gasteiger partial charge in [0.15, 0.2) is 4.77 Å². The Bertz CT molecular complexity index is 703. The highest BCUT2D eigenvalue weighted by molar-refractivity contribution is 7.71. The molecule has 2 nitrogen and oxygen atoms in total. The molecule has 0 atom stereocenters. The maximum Gasteiger partial charge on any atom is 0.182 e. The monoisotopic (exact) mass is 246 g/mol. The van der Waals surface area contributed by atoms with Gasteiger partial charge in [-0.3, -0.25) is 4.57 Å². The Morgan fingerprint density at radius 1 is 1.31 bits per heavy atom. The standard InChI is InChI=1S/C12H10N2S2/c1-8-7-13-12(15)14(8)10-2-3-11-9(6-10)4-5-16-11/h2-7H,1H3,(H,13,15). The van der Waals surface area contributed by atoms with Gasteiger partial charge in [-0.2, -0.15) is 0 Å². The van der Waals surface area contributed by atoms with Gasteiger partial charge in [-0.1, -0.05) is 0 Å². The predicted octanol–water partition coefficient (Wildman–Crippen LogP) is 4.06. The average molecular weight is 246 g/mol. The van der Waals surface area contributed by atoms with E-state index in [-0.39, 0.29) is 0 Å². The van der Waals surface area contributed by atoms with Crippen LogP contribution in [0.2, 0.25) is 0 Å². The smallest absolute Gasteiger partial charge is 0.182 e. The maximum atomic E-state index is 5.27. The van der Waals surface area contributed by atoms with Crippen molar-refractivity contribution in [3.63, 3.8) is 0 Å². The number of imidazole rings is 1. The molecule has 0 radical (unpaired) electrons. The lowest BCUT2D eigenvalue weighted by Crippen LogP contribution is -1.95. The molecule has 0 aliphatic carbocycles. The first-order valence-corrected chi connectivity index (χ1v) is 6.29. The summed E-state index contributed by atoms with van der Waals surface area (Å²) >= 11 is 7.03. The van der Waals surface area contributed by atoms with Crippen molar-refractivity contribution in [2.24, 2.45) is 0 Å². The number of hydrogen-bond donors (Lipinski definition) is 1. The van der Waals surface area contributed by atoms with Crippen LogP contribution in [0.25, 0.3) is 15.8 Å². The van der Waals surface area contributed by atoms with Gasteiger partial charge in [0, 0.05) is 22.3 Å². The summed E-state index contributed by atoms with van der Waals surface area (Å²) in [4.78, 5) is 3.06. The van der Waals surface area contributed by atoms with Gasteiger partial charge in [-0.05, 0) is 54.2 Å². The van der Waals surface area contributed by atoms with Crippen molar-refractivity contribution in [2.45, 2.75) is 6.92 Å². The molecule has 3 aromatic rings. The van der Waals surface area contributed by atoms with Crippen LogP contribution in [0.5, 0.6) is 0 Å². The minimum atomic E-state index is 0.743. The lowest BCUT2D eigenvalue weighted by molar-refractivity contribution is 0.988. The molecular weight excluding hydrogens is 236 g/mol. The van der Waals surface area contributed by atoms with Crippen LogP contribution in [0.3, 0.4) is 0 Å². The van der Waals surface area contributed by atoms with E-state index in [4.69, 9.17) is 12.2 Å². The third-order valence-electron chi connectivity index (χ3n) is 2.65. The van der Waals surface area contributed by atoms with E-state index in [2.05, 4.69) is 34.6 Å². The van der Waals surface area contributed by atoms with E-state index in [9.17, 15) is 0 Å². The molecule has 4 heteroatoms. The molecule has 16 heavy (non-hydrogen) atoms. The number of hydrogen-bond acceptors (Lipinski definition) is 2. The largest absolute Gasteiger partial charge is 0.337 e. The number of nitrogens with zero attached hydrogens (tertiary/aromatic N) is 1. The molecule has 0 spiro atoms. The zero-order valence-corrected chi connectivity index (χ0v) is 10.4. The van der Waals surface area contributed by atoms with Crippen LogP contribution in [0.15, 0.2) is 35.8 Å². The molecule has 0 saturated heterocycles. The number of aromatic amines is 1. The number of H-pyrrole nitrogens is 1. The Hall–Kier alpha value is -1.39. The van der Waals surface area contributed by atoms with E-state index in [1.165, 1.54) is 10.1 Å². The zero-order chi connectivity index (χ0) is 11.1. The Morgan fingerprint density at radius 3 is 2.94 bits per heavy atom. The third kappa shape index (κ3) is 1.42. The topological polar surface area (TPSA) is 20.7 Å². The fourth-order valence-electron chi connectivity index (χ4n) is 1.87. The van der Waals surface area contributed by atoms with Crippen molar-refractivity contribution >= 4 is 33.6 Å². The van der Waals surface area contributed by atoms with Crippen molar-refractivity contribution in [1.82, 2.24) is 9.55 Å². The number of aryl methyl sites for hydroxylation is 1. The average Bonchev–Trinajstić information content (AvgIpc) is 2.85. The second kappa shape index (κ2) is 3.57. The molecule has 0 unspecified atom stereocenters. The van der Waals surface area contributed by atoms with Crippen LogP contribution in [-0.2, 0) is 0 Å². The van der Waals surface area contributed by atoms with E-state index in [1.54, 1.807) is 11.3 Å². The summed E-state index contributed by atoms with van der Waals surface area (Å²) in [6.07, 6.45) is 1.93. The summed E-state index contributed by atoms with van der Waals surface area (Å²) in [5.41, 5.74) is 2.24. The normalized spacial score (nSPS) is 11.1. The second-order valence-electron chi connectivity index (χ2n) is 3.71. The molecule has 0 amide bonds. The van der Waals surface area contributed by atoms with Crippen LogP contribution >= 0.6 is 23.6 Å². The Kier molecular flexibility index (Phi) is 2.19. The first-order chi connectivity index (χ1) is 7.75. The van der Waals surface area contributed by atoms with Crippen LogP contribution in [-0.4, -0.2) is 9.55 Å². The predicted molar refractivity (Wildman–Crippen MR) is 71.1 cm³/mol. The quantitative estimate of drug-likeness (QED) is 0.642. The van der Waals surface area contributed by atoms with E-state index in [1.807, 2.05) is 17.7 Å². The van der Waals surface area contributed by atoms with Gasteiger partial charge in [0.2, 0.25) is 0 Å². The van der Waals surface area contributed by atoms with Crippen molar-refractivity contribution in [3.8, 4) is 5.69 Å².